The lowest BCUT2D eigenvalue weighted by atomic mass is 10.1. The van der Waals surface area contributed by atoms with E-state index in [4.69, 9.17) is 14.2 Å². The maximum atomic E-state index is 12.9. The van der Waals surface area contributed by atoms with Gasteiger partial charge in [0.25, 0.3) is 0 Å². The van der Waals surface area contributed by atoms with E-state index >= 15 is 0 Å². The Labute approximate surface area is 182 Å². The minimum Gasteiger partial charge on any atom is -0.490 e. The van der Waals surface area contributed by atoms with Crippen molar-refractivity contribution in [3.63, 3.8) is 0 Å². The monoisotopic (exact) mass is 480 g/mol. The zero-order valence-electron chi connectivity index (χ0n) is 16.6. The van der Waals surface area contributed by atoms with Crippen LogP contribution in [0.3, 0.4) is 0 Å². The Balaban J connectivity index is 2.03. The molecular formula is C21H22BrFN2O5. The molecule has 0 saturated carbocycles. The molecule has 7 nitrogen and oxygen atoms in total. The molecule has 0 spiro atoms. The van der Waals surface area contributed by atoms with Crippen LogP contribution in [0.5, 0.6) is 11.5 Å². The van der Waals surface area contributed by atoms with Crippen molar-refractivity contribution in [2.45, 2.75) is 20.3 Å². The maximum Gasteiger partial charge on any atom is 0.344 e. The fourth-order valence-electron chi connectivity index (χ4n) is 2.41. The summed E-state index contributed by atoms with van der Waals surface area (Å²) in [6.07, 6.45) is 1.52. The smallest absolute Gasteiger partial charge is 0.344 e. The number of halogens is 2. The number of ether oxygens (including phenoxy) is 3. The molecule has 0 saturated heterocycles. The summed E-state index contributed by atoms with van der Waals surface area (Å²) < 4.78 is 29.4. The van der Waals surface area contributed by atoms with Crippen molar-refractivity contribution in [3.8, 4) is 11.5 Å². The molecule has 0 heterocycles. The van der Waals surface area contributed by atoms with Gasteiger partial charge in [-0.3, -0.25) is 4.79 Å². The second-order valence-corrected chi connectivity index (χ2v) is 6.81. The lowest BCUT2D eigenvalue weighted by molar-refractivity contribution is -0.145. The van der Waals surface area contributed by atoms with Crippen LogP contribution in [0.25, 0.3) is 0 Å². The SMILES string of the molecule is CCOC(=O)COc1c(Br)cc(/C=N/NC(=O)Cc2ccc(F)cc2)cc1OCC. The van der Waals surface area contributed by atoms with E-state index in [1.807, 2.05) is 6.92 Å². The van der Waals surface area contributed by atoms with Gasteiger partial charge in [-0.2, -0.15) is 5.10 Å². The third kappa shape index (κ3) is 7.47. The van der Waals surface area contributed by atoms with Crippen LogP contribution >= 0.6 is 15.9 Å². The summed E-state index contributed by atoms with van der Waals surface area (Å²) in [6.45, 7) is 3.94. The van der Waals surface area contributed by atoms with Gasteiger partial charge in [0.2, 0.25) is 5.91 Å². The van der Waals surface area contributed by atoms with Gasteiger partial charge in [-0.1, -0.05) is 12.1 Å². The van der Waals surface area contributed by atoms with E-state index in [0.29, 0.717) is 33.7 Å². The van der Waals surface area contributed by atoms with E-state index in [0.717, 1.165) is 0 Å². The van der Waals surface area contributed by atoms with Gasteiger partial charge >= 0.3 is 5.97 Å². The van der Waals surface area contributed by atoms with Crippen LogP contribution in [-0.2, 0) is 20.7 Å². The van der Waals surface area contributed by atoms with Crippen LogP contribution in [-0.4, -0.2) is 37.9 Å². The first-order valence-electron chi connectivity index (χ1n) is 9.24. The zero-order valence-corrected chi connectivity index (χ0v) is 18.2. The van der Waals surface area contributed by atoms with E-state index in [1.54, 1.807) is 31.2 Å². The number of nitrogens with one attached hydrogen (secondary N) is 1. The highest BCUT2D eigenvalue weighted by Crippen LogP contribution is 2.36. The number of nitrogens with zero attached hydrogens (tertiary/aromatic N) is 1. The van der Waals surface area contributed by atoms with Gasteiger partial charge in [-0.15, -0.1) is 0 Å². The van der Waals surface area contributed by atoms with Crippen molar-refractivity contribution < 1.29 is 28.2 Å². The summed E-state index contributed by atoms with van der Waals surface area (Å²) in [6, 6.07) is 9.05. The second kappa shape index (κ2) is 11.9. The molecule has 2 aromatic rings. The van der Waals surface area contributed by atoms with Crippen molar-refractivity contribution in [1.29, 1.82) is 0 Å². The number of hydrogen-bond donors (Lipinski definition) is 1. The molecule has 30 heavy (non-hydrogen) atoms. The van der Waals surface area contributed by atoms with Gasteiger partial charge in [-0.25, -0.2) is 14.6 Å². The Morgan fingerprint density at radius 1 is 1.13 bits per heavy atom. The van der Waals surface area contributed by atoms with E-state index in [1.165, 1.54) is 18.3 Å². The Morgan fingerprint density at radius 3 is 2.53 bits per heavy atom. The maximum absolute atomic E-state index is 12.9. The molecule has 0 radical (unpaired) electrons. The molecular weight excluding hydrogens is 459 g/mol. The summed E-state index contributed by atoms with van der Waals surface area (Å²) in [7, 11) is 0. The Kier molecular flexibility index (Phi) is 9.27. The van der Waals surface area contributed by atoms with Gasteiger partial charge in [-0.05, 0) is 65.2 Å². The average molecular weight is 481 g/mol. The number of rotatable bonds is 10. The molecule has 9 heteroatoms. The molecule has 160 valence electrons. The lowest BCUT2D eigenvalue weighted by Crippen LogP contribution is -2.19. The van der Waals surface area contributed by atoms with Gasteiger partial charge in [0.05, 0.1) is 30.3 Å². The Hall–Kier alpha value is -2.94. The van der Waals surface area contributed by atoms with Crippen molar-refractivity contribution in [3.05, 3.63) is 57.8 Å². The molecule has 0 unspecified atom stereocenters. The average Bonchev–Trinajstić information content (AvgIpc) is 2.69. The van der Waals surface area contributed by atoms with Crippen molar-refractivity contribution >= 4 is 34.0 Å². The third-order valence-corrected chi connectivity index (χ3v) is 4.24. The van der Waals surface area contributed by atoms with Crippen LogP contribution in [0, 0.1) is 5.82 Å². The van der Waals surface area contributed by atoms with Crippen molar-refractivity contribution in [2.75, 3.05) is 19.8 Å². The van der Waals surface area contributed by atoms with E-state index in [2.05, 4.69) is 26.5 Å². The number of benzene rings is 2. The molecule has 2 rings (SSSR count). The highest BCUT2D eigenvalue weighted by molar-refractivity contribution is 9.10. The molecule has 1 amide bonds. The van der Waals surface area contributed by atoms with Crippen LogP contribution in [0.1, 0.15) is 25.0 Å². The first-order valence-corrected chi connectivity index (χ1v) is 10.0. The number of hydrazone groups is 1. The summed E-state index contributed by atoms with van der Waals surface area (Å²) in [5, 5.41) is 3.94. The highest BCUT2D eigenvalue weighted by atomic mass is 79.9. The summed E-state index contributed by atoms with van der Waals surface area (Å²) in [5.74, 6) is -0.405. The van der Waals surface area contributed by atoms with Gasteiger partial charge in [0.15, 0.2) is 18.1 Å². The minimum absolute atomic E-state index is 0.0755. The van der Waals surface area contributed by atoms with Crippen molar-refractivity contribution in [1.82, 2.24) is 5.43 Å². The predicted octanol–water partition coefficient (Wildman–Crippen LogP) is 3.62. The van der Waals surface area contributed by atoms with E-state index in [9.17, 15) is 14.0 Å². The quantitative estimate of drug-likeness (QED) is 0.318. The topological polar surface area (TPSA) is 86.2 Å². The highest BCUT2D eigenvalue weighted by Gasteiger charge is 2.14. The molecule has 0 aromatic heterocycles. The standard InChI is InChI=1S/C21H22BrFN2O5/c1-3-28-18-10-15(9-17(22)21(18)30-13-20(27)29-4-2)12-24-25-19(26)11-14-5-7-16(23)8-6-14/h5-10,12H,3-4,11,13H2,1-2H3,(H,25,26)/b24-12+. The molecule has 1 N–H and O–H groups in total. The number of carbonyl (C=O) groups is 2. The third-order valence-electron chi connectivity index (χ3n) is 3.65. The Bertz CT molecular complexity index is 903. The van der Waals surface area contributed by atoms with Gasteiger partial charge in [0.1, 0.15) is 5.82 Å². The van der Waals surface area contributed by atoms with Gasteiger partial charge < -0.3 is 14.2 Å². The predicted molar refractivity (Wildman–Crippen MR) is 113 cm³/mol. The summed E-state index contributed by atoms with van der Waals surface area (Å²) in [4.78, 5) is 23.5. The molecule has 0 bridgehead atoms. The molecule has 0 aliphatic rings. The number of amides is 1. The normalized spacial score (nSPS) is 10.7. The molecule has 2 aromatic carbocycles. The fraction of sp³-hybridized carbons (Fsp3) is 0.286. The van der Waals surface area contributed by atoms with E-state index < -0.39 is 5.97 Å². The van der Waals surface area contributed by atoms with E-state index in [-0.39, 0.29) is 31.4 Å². The largest absolute Gasteiger partial charge is 0.490 e. The molecule has 0 atom stereocenters. The van der Waals surface area contributed by atoms with Crippen molar-refractivity contribution in [2.24, 2.45) is 5.10 Å². The van der Waals surface area contributed by atoms with Crippen LogP contribution < -0.4 is 14.9 Å². The fourth-order valence-corrected chi connectivity index (χ4v) is 2.98. The Morgan fingerprint density at radius 2 is 1.87 bits per heavy atom. The van der Waals surface area contributed by atoms with Crippen LogP contribution in [0.15, 0.2) is 46.0 Å². The number of hydrogen-bond acceptors (Lipinski definition) is 6. The van der Waals surface area contributed by atoms with Crippen LogP contribution in [0.4, 0.5) is 4.39 Å². The number of esters is 1. The second-order valence-electron chi connectivity index (χ2n) is 5.95. The number of carbonyl (C=O) groups excluding carboxylic acids is 2. The summed E-state index contributed by atoms with van der Waals surface area (Å²) in [5.41, 5.74) is 3.73. The minimum atomic E-state index is -0.485. The van der Waals surface area contributed by atoms with Gasteiger partial charge in [0, 0.05) is 0 Å². The molecule has 0 aliphatic carbocycles. The molecule has 0 fully saturated rings. The lowest BCUT2D eigenvalue weighted by Gasteiger charge is -2.14. The molecule has 0 aliphatic heterocycles. The first kappa shape index (κ1) is 23.3. The van der Waals surface area contributed by atoms with Crippen LogP contribution in [0.2, 0.25) is 0 Å². The summed E-state index contributed by atoms with van der Waals surface area (Å²) >= 11 is 3.39. The zero-order chi connectivity index (χ0) is 21.9. The first-order chi connectivity index (χ1) is 14.4.